The van der Waals surface area contributed by atoms with Gasteiger partial charge in [0, 0.05) is 5.56 Å². The number of Topliss-reactive ketones (excluding diaryl/α,β-unsaturated/α-hetero) is 1. The number of phenols is 1. The second kappa shape index (κ2) is 4.38. The number of rotatable bonds is 2. The molecule has 15 heavy (non-hydrogen) atoms. The Morgan fingerprint density at radius 1 is 1.27 bits per heavy atom. The molecular weight excluding hydrogens is 282 g/mol. The van der Waals surface area contributed by atoms with E-state index in [1.54, 1.807) is 0 Å². The molecule has 0 saturated carbocycles. The number of hydrogen-bond acceptors (Lipinski definition) is 2. The third-order valence-electron chi connectivity index (χ3n) is 1.68. The molecule has 0 radical (unpaired) electrons. The van der Waals surface area contributed by atoms with Crippen LogP contribution in [0.4, 0.5) is 0 Å². The van der Waals surface area contributed by atoms with Crippen molar-refractivity contribution in [2.45, 2.75) is 11.3 Å². The molecule has 6 heteroatoms. The first kappa shape index (κ1) is 12.9. The average molecular weight is 288 g/mol. The molecule has 0 atom stereocenters. The number of halogens is 4. The molecule has 0 unspecified atom stereocenters. The molecule has 1 aromatic rings. The van der Waals surface area contributed by atoms with E-state index in [1.807, 2.05) is 0 Å². The van der Waals surface area contributed by atoms with Gasteiger partial charge in [-0.25, -0.2) is 0 Å². The van der Waals surface area contributed by atoms with Gasteiger partial charge in [-0.05, 0) is 19.1 Å². The van der Waals surface area contributed by atoms with Crippen molar-refractivity contribution in [3.8, 4) is 5.75 Å². The van der Waals surface area contributed by atoms with Gasteiger partial charge in [0.25, 0.3) is 0 Å². The van der Waals surface area contributed by atoms with E-state index in [-0.39, 0.29) is 21.4 Å². The standard InChI is InChI=1S/C9H6Cl4O2/c1-9(12,13)8(15)4-2-5(10)7(14)6(11)3-4/h2-3,14H,1H3. The monoisotopic (exact) mass is 286 g/mol. The summed E-state index contributed by atoms with van der Waals surface area (Å²) in [6, 6.07) is 2.52. The molecule has 0 heterocycles. The fraction of sp³-hybridized carbons (Fsp3) is 0.222. The highest BCUT2D eigenvalue weighted by Crippen LogP contribution is 2.35. The molecule has 82 valence electrons. The maximum atomic E-state index is 11.6. The van der Waals surface area contributed by atoms with Crippen molar-refractivity contribution < 1.29 is 9.90 Å². The molecule has 0 amide bonds. The third-order valence-corrected chi connectivity index (χ3v) is 2.60. The molecule has 0 saturated heterocycles. The van der Waals surface area contributed by atoms with Gasteiger partial charge >= 0.3 is 0 Å². The Hall–Kier alpha value is -0.150. The predicted octanol–water partition coefficient (Wildman–Crippen LogP) is 4.08. The number of carbonyl (C=O) groups excluding carboxylic acids is 1. The zero-order valence-corrected chi connectivity index (χ0v) is 10.5. The zero-order valence-electron chi connectivity index (χ0n) is 7.52. The van der Waals surface area contributed by atoms with Gasteiger partial charge in [-0.2, -0.15) is 0 Å². The number of benzene rings is 1. The Morgan fingerprint density at radius 3 is 2.00 bits per heavy atom. The highest BCUT2D eigenvalue weighted by atomic mass is 35.5. The maximum Gasteiger partial charge on any atom is 0.198 e. The van der Waals surface area contributed by atoms with Crippen LogP contribution in [-0.2, 0) is 0 Å². The Bertz CT molecular complexity index is 386. The highest BCUT2D eigenvalue weighted by Gasteiger charge is 2.29. The van der Waals surface area contributed by atoms with Crippen molar-refractivity contribution in [3.63, 3.8) is 0 Å². The molecule has 0 bridgehead atoms. The second-order valence-electron chi connectivity index (χ2n) is 3.01. The predicted molar refractivity (Wildman–Crippen MR) is 62.6 cm³/mol. The van der Waals surface area contributed by atoms with Crippen LogP contribution in [0, 0.1) is 0 Å². The van der Waals surface area contributed by atoms with E-state index in [1.165, 1.54) is 19.1 Å². The summed E-state index contributed by atoms with van der Waals surface area (Å²) in [4.78, 5) is 11.6. The number of hydrogen-bond donors (Lipinski definition) is 1. The topological polar surface area (TPSA) is 37.3 Å². The van der Waals surface area contributed by atoms with Crippen molar-refractivity contribution in [2.24, 2.45) is 0 Å². The van der Waals surface area contributed by atoms with Crippen LogP contribution in [0.2, 0.25) is 10.0 Å². The number of carbonyl (C=O) groups is 1. The Balaban J connectivity index is 3.24. The lowest BCUT2D eigenvalue weighted by molar-refractivity contribution is 0.0978. The van der Waals surface area contributed by atoms with Gasteiger partial charge in [-0.1, -0.05) is 46.4 Å². The minimum atomic E-state index is -1.55. The first-order valence-electron chi connectivity index (χ1n) is 3.84. The first-order valence-corrected chi connectivity index (χ1v) is 5.35. The van der Waals surface area contributed by atoms with Gasteiger partial charge in [0.15, 0.2) is 15.9 Å². The van der Waals surface area contributed by atoms with Gasteiger partial charge < -0.3 is 5.11 Å². The summed E-state index contributed by atoms with van der Waals surface area (Å²) >= 11 is 22.5. The van der Waals surface area contributed by atoms with Crippen LogP contribution in [0.3, 0.4) is 0 Å². The molecule has 0 aromatic heterocycles. The van der Waals surface area contributed by atoms with Crippen molar-refractivity contribution >= 4 is 52.2 Å². The SMILES string of the molecule is CC(Cl)(Cl)C(=O)c1cc(Cl)c(O)c(Cl)c1. The van der Waals surface area contributed by atoms with Crippen LogP contribution >= 0.6 is 46.4 Å². The Kier molecular flexibility index (Phi) is 3.77. The van der Waals surface area contributed by atoms with E-state index in [9.17, 15) is 9.90 Å². The average Bonchev–Trinajstić information content (AvgIpc) is 2.10. The zero-order chi connectivity index (χ0) is 11.8. The Morgan fingerprint density at radius 2 is 1.67 bits per heavy atom. The quantitative estimate of drug-likeness (QED) is 0.657. The lowest BCUT2D eigenvalue weighted by atomic mass is 10.1. The summed E-state index contributed by atoms with van der Waals surface area (Å²) in [5, 5.41) is 9.22. The molecule has 0 aliphatic carbocycles. The van der Waals surface area contributed by atoms with Gasteiger partial charge in [0.05, 0.1) is 10.0 Å². The maximum absolute atomic E-state index is 11.6. The lowest BCUT2D eigenvalue weighted by Gasteiger charge is -2.12. The molecule has 0 spiro atoms. The van der Waals surface area contributed by atoms with Crippen LogP contribution < -0.4 is 0 Å². The summed E-state index contributed by atoms with van der Waals surface area (Å²) in [5.74, 6) is -0.810. The number of aromatic hydroxyl groups is 1. The molecular formula is C9H6Cl4O2. The summed E-state index contributed by atoms with van der Waals surface area (Å²) in [5.41, 5.74) is 0.148. The second-order valence-corrected chi connectivity index (χ2v) is 5.53. The minimum Gasteiger partial charge on any atom is -0.505 e. The summed E-state index contributed by atoms with van der Waals surface area (Å²) < 4.78 is -1.55. The van der Waals surface area contributed by atoms with Gasteiger partial charge in [-0.3, -0.25) is 4.79 Å². The number of ketones is 1. The molecule has 1 N–H and O–H groups in total. The van der Waals surface area contributed by atoms with Crippen molar-refractivity contribution in [1.82, 2.24) is 0 Å². The van der Waals surface area contributed by atoms with Crippen molar-refractivity contribution in [2.75, 3.05) is 0 Å². The van der Waals surface area contributed by atoms with Gasteiger partial charge in [0.2, 0.25) is 0 Å². The van der Waals surface area contributed by atoms with E-state index in [0.29, 0.717) is 0 Å². The molecule has 0 aliphatic rings. The molecule has 2 nitrogen and oxygen atoms in total. The normalized spacial score (nSPS) is 11.5. The Labute approximate surface area is 107 Å². The van der Waals surface area contributed by atoms with Crippen molar-refractivity contribution in [1.29, 1.82) is 0 Å². The molecule has 1 aromatic carbocycles. The van der Waals surface area contributed by atoms with E-state index < -0.39 is 10.1 Å². The van der Waals surface area contributed by atoms with E-state index in [4.69, 9.17) is 46.4 Å². The third kappa shape index (κ3) is 2.91. The van der Waals surface area contributed by atoms with E-state index >= 15 is 0 Å². The molecule has 1 rings (SSSR count). The van der Waals surface area contributed by atoms with Crippen LogP contribution in [0.5, 0.6) is 5.75 Å². The summed E-state index contributed by atoms with van der Waals surface area (Å²) in [7, 11) is 0. The van der Waals surface area contributed by atoms with Crippen LogP contribution in [-0.4, -0.2) is 15.2 Å². The van der Waals surface area contributed by atoms with Crippen LogP contribution in [0.1, 0.15) is 17.3 Å². The van der Waals surface area contributed by atoms with Gasteiger partial charge in [0.1, 0.15) is 0 Å². The number of phenolic OH excluding ortho intramolecular Hbond substituents is 1. The molecule has 0 aliphatic heterocycles. The van der Waals surface area contributed by atoms with Crippen molar-refractivity contribution in [3.05, 3.63) is 27.7 Å². The first-order chi connectivity index (χ1) is 6.73. The molecule has 0 fully saturated rings. The van der Waals surface area contributed by atoms with E-state index in [0.717, 1.165) is 0 Å². The smallest absolute Gasteiger partial charge is 0.198 e. The fourth-order valence-corrected chi connectivity index (χ4v) is 1.66. The largest absolute Gasteiger partial charge is 0.505 e. The van der Waals surface area contributed by atoms with E-state index in [2.05, 4.69) is 0 Å². The lowest BCUT2D eigenvalue weighted by Crippen LogP contribution is -2.21. The minimum absolute atomic E-state index is 0.0246. The highest BCUT2D eigenvalue weighted by molar-refractivity contribution is 6.59. The fourth-order valence-electron chi connectivity index (χ4n) is 0.950. The number of alkyl halides is 2. The van der Waals surface area contributed by atoms with Gasteiger partial charge in [-0.15, -0.1) is 0 Å². The summed E-state index contributed by atoms with van der Waals surface area (Å²) in [6.45, 7) is 1.34. The van der Waals surface area contributed by atoms with Crippen LogP contribution in [0.25, 0.3) is 0 Å². The summed E-state index contributed by atoms with van der Waals surface area (Å²) in [6.07, 6.45) is 0. The van der Waals surface area contributed by atoms with Crippen LogP contribution in [0.15, 0.2) is 12.1 Å².